The largest absolute Gasteiger partial charge is 0.378 e. The van der Waals surface area contributed by atoms with Gasteiger partial charge < -0.3 is 4.74 Å². The van der Waals surface area contributed by atoms with E-state index in [-0.39, 0.29) is 6.42 Å². The van der Waals surface area contributed by atoms with Gasteiger partial charge in [0.05, 0.1) is 6.10 Å². The summed E-state index contributed by atoms with van der Waals surface area (Å²) in [6.07, 6.45) is 7.26. The van der Waals surface area contributed by atoms with E-state index in [4.69, 9.17) is 4.74 Å². The lowest BCUT2D eigenvalue weighted by atomic mass is 9.98. The Bertz CT molecular complexity index is 170. The molecule has 14 heavy (non-hydrogen) atoms. The Hall–Kier alpha value is -0.640. The van der Waals surface area contributed by atoms with Crippen LogP contribution in [0.15, 0.2) is 0 Å². The van der Waals surface area contributed by atoms with Crippen LogP contribution in [-0.2, 0) is 9.53 Å². The van der Waals surface area contributed by atoms with E-state index in [0.717, 1.165) is 18.4 Å². The summed E-state index contributed by atoms with van der Waals surface area (Å²) in [7, 11) is 0. The van der Waals surface area contributed by atoms with E-state index >= 15 is 0 Å². The van der Waals surface area contributed by atoms with Crippen LogP contribution >= 0.6 is 0 Å². The van der Waals surface area contributed by atoms with Gasteiger partial charge in [-0.2, -0.15) is 5.54 Å². The molecular formula is C10H18FNO2. The smallest absolute Gasteiger partial charge is 0.247 e. The van der Waals surface area contributed by atoms with Crippen LogP contribution in [0.25, 0.3) is 0 Å². The van der Waals surface area contributed by atoms with Crippen molar-refractivity contribution in [2.45, 2.75) is 51.0 Å². The minimum Gasteiger partial charge on any atom is -0.378 e. The second-order valence-corrected chi connectivity index (χ2v) is 3.75. The number of halogens is 1. The van der Waals surface area contributed by atoms with E-state index < -0.39 is 5.91 Å². The molecule has 1 saturated carbocycles. The lowest BCUT2D eigenvalue weighted by Gasteiger charge is -2.21. The lowest BCUT2D eigenvalue weighted by molar-refractivity contribution is -0.125. The maximum absolute atomic E-state index is 11.5. The number of carbonyl (C=O) groups excluding carboxylic acids is 1. The summed E-state index contributed by atoms with van der Waals surface area (Å²) in [6, 6.07) is 0. The molecule has 1 N–H and O–H groups in total. The number of amides is 1. The highest BCUT2D eigenvalue weighted by molar-refractivity contribution is 5.74. The average Bonchev–Trinajstić information content (AvgIpc) is 2.25. The molecule has 0 saturated heterocycles. The molecule has 4 heteroatoms. The molecule has 1 aliphatic carbocycles. The Balaban J connectivity index is 1.94. The van der Waals surface area contributed by atoms with Crippen molar-refractivity contribution in [3.05, 3.63) is 0 Å². The predicted octanol–water partition coefficient (Wildman–Crippen LogP) is 2.12. The molecule has 0 radical (unpaired) electrons. The number of ether oxygens (including phenoxy) is 1. The van der Waals surface area contributed by atoms with Crippen LogP contribution in [0.4, 0.5) is 4.48 Å². The third-order valence-electron chi connectivity index (χ3n) is 2.56. The first-order valence-corrected chi connectivity index (χ1v) is 5.34. The van der Waals surface area contributed by atoms with Crippen LogP contribution < -0.4 is 5.54 Å². The Kier molecular flexibility index (Phi) is 5.52. The van der Waals surface area contributed by atoms with Gasteiger partial charge in [-0.05, 0) is 19.3 Å². The van der Waals surface area contributed by atoms with E-state index in [1.807, 2.05) is 0 Å². The molecule has 0 heterocycles. The maximum Gasteiger partial charge on any atom is 0.247 e. The highest BCUT2D eigenvalue weighted by Crippen LogP contribution is 2.20. The fourth-order valence-corrected chi connectivity index (χ4v) is 1.76. The summed E-state index contributed by atoms with van der Waals surface area (Å²) in [5.41, 5.74) is 1.11. The van der Waals surface area contributed by atoms with Crippen molar-refractivity contribution in [3.8, 4) is 0 Å². The summed E-state index contributed by atoms with van der Waals surface area (Å²) in [5.74, 6) is -0.558. The van der Waals surface area contributed by atoms with Gasteiger partial charge in [-0.25, -0.2) is 0 Å². The van der Waals surface area contributed by atoms with Crippen molar-refractivity contribution < 1.29 is 14.0 Å². The molecule has 0 aliphatic heterocycles. The van der Waals surface area contributed by atoms with Crippen molar-refractivity contribution in [1.29, 1.82) is 0 Å². The van der Waals surface area contributed by atoms with Gasteiger partial charge in [0.1, 0.15) is 0 Å². The normalized spacial score (nSPS) is 18.1. The second-order valence-electron chi connectivity index (χ2n) is 3.75. The van der Waals surface area contributed by atoms with Gasteiger partial charge in [-0.15, -0.1) is 4.48 Å². The molecule has 82 valence electrons. The Morgan fingerprint density at radius 2 is 2.07 bits per heavy atom. The molecular weight excluding hydrogens is 185 g/mol. The molecule has 1 amide bonds. The predicted molar refractivity (Wildman–Crippen MR) is 51.3 cm³/mol. The molecule has 0 bridgehead atoms. The zero-order chi connectivity index (χ0) is 10.2. The summed E-state index contributed by atoms with van der Waals surface area (Å²) in [6.45, 7) is 0.568. The first-order chi connectivity index (χ1) is 6.83. The molecule has 0 atom stereocenters. The maximum atomic E-state index is 11.5. The molecule has 1 rings (SSSR count). The van der Waals surface area contributed by atoms with Crippen LogP contribution in [0.3, 0.4) is 0 Å². The van der Waals surface area contributed by atoms with E-state index in [0.29, 0.717) is 19.1 Å². The van der Waals surface area contributed by atoms with Gasteiger partial charge in [-0.1, -0.05) is 19.3 Å². The summed E-state index contributed by atoms with van der Waals surface area (Å²) >= 11 is 0. The average molecular weight is 203 g/mol. The minimum atomic E-state index is -0.558. The van der Waals surface area contributed by atoms with E-state index in [1.165, 1.54) is 19.3 Å². The molecule has 1 fully saturated rings. The minimum absolute atomic E-state index is 0.212. The Morgan fingerprint density at radius 1 is 1.36 bits per heavy atom. The SMILES string of the molecule is O=C(CCCOC1CCCCC1)NF. The zero-order valence-electron chi connectivity index (χ0n) is 8.43. The van der Waals surface area contributed by atoms with Gasteiger partial charge in [-0.3, -0.25) is 4.79 Å². The summed E-state index contributed by atoms with van der Waals surface area (Å²) in [4.78, 5) is 10.5. The van der Waals surface area contributed by atoms with Crippen molar-refractivity contribution in [2.24, 2.45) is 0 Å². The van der Waals surface area contributed by atoms with Crippen molar-refractivity contribution >= 4 is 5.91 Å². The monoisotopic (exact) mass is 203 g/mol. The van der Waals surface area contributed by atoms with E-state index in [1.54, 1.807) is 0 Å². The molecule has 0 aromatic heterocycles. The van der Waals surface area contributed by atoms with Crippen molar-refractivity contribution in [2.75, 3.05) is 6.61 Å². The van der Waals surface area contributed by atoms with Gasteiger partial charge in [0.25, 0.3) is 0 Å². The highest BCUT2D eigenvalue weighted by Gasteiger charge is 2.13. The standard InChI is InChI=1S/C10H18FNO2/c11-12-10(13)7-4-8-14-9-5-2-1-3-6-9/h9H,1-8H2,(H,12,13). The van der Waals surface area contributed by atoms with Crippen LogP contribution in [0.1, 0.15) is 44.9 Å². The topological polar surface area (TPSA) is 38.3 Å². The van der Waals surface area contributed by atoms with Crippen LogP contribution in [0.2, 0.25) is 0 Å². The third kappa shape index (κ3) is 4.56. The van der Waals surface area contributed by atoms with Gasteiger partial charge in [0.15, 0.2) is 0 Å². The second kappa shape index (κ2) is 6.76. The summed E-state index contributed by atoms with van der Waals surface area (Å²) in [5, 5.41) is 0. The van der Waals surface area contributed by atoms with Gasteiger partial charge in [0, 0.05) is 13.0 Å². The van der Waals surface area contributed by atoms with E-state index in [2.05, 4.69) is 0 Å². The van der Waals surface area contributed by atoms with Gasteiger partial charge >= 0.3 is 0 Å². The molecule has 0 unspecified atom stereocenters. The Morgan fingerprint density at radius 3 is 2.71 bits per heavy atom. The van der Waals surface area contributed by atoms with Crippen LogP contribution in [-0.4, -0.2) is 18.6 Å². The first-order valence-electron chi connectivity index (χ1n) is 5.34. The molecule has 3 nitrogen and oxygen atoms in total. The van der Waals surface area contributed by atoms with Gasteiger partial charge in [0.2, 0.25) is 5.91 Å². The molecule has 1 aliphatic rings. The number of carbonyl (C=O) groups is 1. The highest BCUT2D eigenvalue weighted by atomic mass is 19.2. The van der Waals surface area contributed by atoms with Crippen LogP contribution in [0, 0.1) is 0 Å². The summed E-state index contributed by atoms with van der Waals surface area (Å²) < 4.78 is 17.1. The third-order valence-corrected chi connectivity index (χ3v) is 2.56. The van der Waals surface area contributed by atoms with Crippen LogP contribution in [0.5, 0.6) is 0 Å². The molecule has 0 aromatic carbocycles. The zero-order valence-corrected chi connectivity index (χ0v) is 8.43. The lowest BCUT2D eigenvalue weighted by Crippen LogP contribution is -2.18. The fourth-order valence-electron chi connectivity index (χ4n) is 1.76. The number of rotatable bonds is 5. The number of nitrogens with one attached hydrogen (secondary N) is 1. The first kappa shape index (κ1) is 11.4. The molecule has 0 spiro atoms. The number of hydrogen-bond acceptors (Lipinski definition) is 2. The van der Waals surface area contributed by atoms with E-state index in [9.17, 15) is 9.28 Å². The molecule has 0 aromatic rings. The van der Waals surface area contributed by atoms with Crippen molar-refractivity contribution in [1.82, 2.24) is 5.54 Å². The Labute approximate surface area is 83.9 Å². The number of hydrogen-bond donors (Lipinski definition) is 1. The quantitative estimate of drug-likeness (QED) is 0.549. The fraction of sp³-hybridized carbons (Fsp3) is 0.900. The van der Waals surface area contributed by atoms with Crippen molar-refractivity contribution in [3.63, 3.8) is 0 Å².